The van der Waals surface area contributed by atoms with E-state index in [1.54, 1.807) is 54.6 Å². The van der Waals surface area contributed by atoms with Crippen molar-refractivity contribution in [1.29, 1.82) is 0 Å². The molecule has 1 amide bonds. The zero-order chi connectivity index (χ0) is 22.8. The summed E-state index contributed by atoms with van der Waals surface area (Å²) in [5.74, 6) is 1.02. The van der Waals surface area contributed by atoms with E-state index < -0.39 is 0 Å². The van der Waals surface area contributed by atoms with Gasteiger partial charge in [-0.2, -0.15) is 0 Å². The summed E-state index contributed by atoms with van der Waals surface area (Å²) in [5, 5.41) is 2.77. The van der Waals surface area contributed by atoms with Crippen molar-refractivity contribution >= 4 is 23.5 Å². The molecule has 3 aromatic rings. The number of allylic oxidation sites excluding steroid dienone is 1. The Balaban J connectivity index is 1.67. The molecule has 6 heteroatoms. The van der Waals surface area contributed by atoms with E-state index in [1.807, 2.05) is 31.2 Å². The van der Waals surface area contributed by atoms with Crippen LogP contribution in [0.2, 0.25) is 0 Å². The Morgan fingerprint density at radius 1 is 0.875 bits per heavy atom. The summed E-state index contributed by atoms with van der Waals surface area (Å²) in [7, 11) is 1.53. The lowest BCUT2D eigenvalue weighted by atomic mass is 10.1. The maximum atomic E-state index is 12.5. The van der Waals surface area contributed by atoms with Gasteiger partial charge in [0.25, 0.3) is 5.91 Å². The number of hydrogen-bond donors (Lipinski definition) is 1. The predicted octanol–water partition coefficient (Wildman–Crippen LogP) is 5.01. The minimum atomic E-state index is -0.273. The molecule has 32 heavy (non-hydrogen) atoms. The van der Waals surface area contributed by atoms with E-state index in [4.69, 9.17) is 14.2 Å². The zero-order valence-corrected chi connectivity index (χ0v) is 18.0. The van der Waals surface area contributed by atoms with Crippen molar-refractivity contribution in [3.8, 4) is 17.2 Å². The molecule has 0 heterocycles. The van der Waals surface area contributed by atoms with E-state index >= 15 is 0 Å². The first-order chi connectivity index (χ1) is 15.6. The third-order valence-corrected chi connectivity index (χ3v) is 4.48. The highest BCUT2D eigenvalue weighted by Crippen LogP contribution is 2.29. The lowest BCUT2D eigenvalue weighted by molar-refractivity contribution is -0.118. The van der Waals surface area contributed by atoms with Gasteiger partial charge >= 0.3 is 0 Å². The van der Waals surface area contributed by atoms with Crippen molar-refractivity contribution < 1.29 is 23.8 Å². The van der Waals surface area contributed by atoms with Crippen LogP contribution in [0.5, 0.6) is 17.2 Å². The summed E-state index contributed by atoms with van der Waals surface area (Å²) < 4.78 is 16.6. The molecular weight excluding hydrogens is 406 g/mol. The number of nitrogens with one attached hydrogen (secondary N) is 1. The molecule has 0 atom stereocenters. The van der Waals surface area contributed by atoms with Crippen LogP contribution in [0.3, 0.4) is 0 Å². The van der Waals surface area contributed by atoms with Gasteiger partial charge in [-0.05, 0) is 55.0 Å². The number of anilines is 1. The number of carbonyl (C=O) groups excluding carboxylic acids is 2. The van der Waals surface area contributed by atoms with Crippen LogP contribution in [0.1, 0.15) is 22.8 Å². The molecule has 0 saturated carbocycles. The number of hydrogen-bond acceptors (Lipinski definition) is 5. The van der Waals surface area contributed by atoms with Gasteiger partial charge in [0.1, 0.15) is 5.75 Å². The van der Waals surface area contributed by atoms with Crippen molar-refractivity contribution in [2.75, 3.05) is 25.6 Å². The van der Waals surface area contributed by atoms with Gasteiger partial charge in [-0.15, -0.1) is 0 Å². The summed E-state index contributed by atoms with van der Waals surface area (Å²) in [4.78, 5) is 24.7. The highest BCUT2D eigenvalue weighted by molar-refractivity contribution is 6.08. The Hall–Kier alpha value is -4.06. The summed E-state index contributed by atoms with van der Waals surface area (Å²) >= 11 is 0. The van der Waals surface area contributed by atoms with Crippen LogP contribution < -0.4 is 19.5 Å². The third-order valence-electron chi connectivity index (χ3n) is 4.48. The number of ketones is 1. The molecule has 1 N–H and O–H groups in total. The molecule has 0 bridgehead atoms. The molecule has 0 aliphatic carbocycles. The average molecular weight is 431 g/mol. The van der Waals surface area contributed by atoms with Crippen LogP contribution in [0.4, 0.5) is 5.69 Å². The molecule has 6 nitrogen and oxygen atoms in total. The highest BCUT2D eigenvalue weighted by Gasteiger charge is 2.11. The maximum Gasteiger partial charge on any atom is 0.262 e. The fourth-order valence-electron chi connectivity index (χ4n) is 2.99. The van der Waals surface area contributed by atoms with Crippen molar-refractivity contribution in [3.05, 3.63) is 90.0 Å². The van der Waals surface area contributed by atoms with Crippen LogP contribution in [0, 0.1) is 0 Å². The van der Waals surface area contributed by atoms with E-state index in [9.17, 15) is 9.59 Å². The average Bonchev–Trinajstić information content (AvgIpc) is 2.82. The van der Waals surface area contributed by atoms with Crippen molar-refractivity contribution in [3.63, 3.8) is 0 Å². The molecule has 164 valence electrons. The number of rotatable bonds is 10. The minimum absolute atomic E-state index is 0.156. The van der Waals surface area contributed by atoms with Crippen LogP contribution in [-0.2, 0) is 4.79 Å². The molecule has 0 unspecified atom stereocenters. The second kappa shape index (κ2) is 11.4. The summed E-state index contributed by atoms with van der Waals surface area (Å²) in [6.07, 6.45) is 3.18. The smallest absolute Gasteiger partial charge is 0.262 e. The minimum Gasteiger partial charge on any atom is -0.496 e. The largest absolute Gasteiger partial charge is 0.496 e. The van der Waals surface area contributed by atoms with Crippen LogP contribution in [-0.4, -0.2) is 32.0 Å². The number of para-hydroxylation sites is 2. The number of carbonyl (C=O) groups is 2. The second-order valence-electron chi connectivity index (χ2n) is 6.74. The van der Waals surface area contributed by atoms with E-state index in [0.29, 0.717) is 35.1 Å². The van der Waals surface area contributed by atoms with Gasteiger partial charge in [0.2, 0.25) is 0 Å². The van der Waals surface area contributed by atoms with Gasteiger partial charge in [-0.25, -0.2) is 0 Å². The molecule has 0 aliphatic rings. The van der Waals surface area contributed by atoms with Gasteiger partial charge in [-0.1, -0.05) is 42.5 Å². The van der Waals surface area contributed by atoms with Crippen LogP contribution in [0.15, 0.2) is 78.9 Å². The Kier molecular flexibility index (Phi) is 8.03. The number of methoxy groups -OCH3 is 1. The van der Waals surface area contributed by atoms with Gasteiger partial charge in [0, 0.05) is 5.69 Å². The van der Waals surface area contributed by atoms with Gasteiger partial charge in [0.05, 0.1) is 19.3 Å². The maximum absolute atomic E-state index is 12.5. The fraction of sp³-hybridized carbons (Fsp3) is 0.154. The molecular formula is C26H25NO5. The van der Waals surface area contributed by atoms with Crippen LogP contribution >= 0.6 is 0 Å². The predicted molar refractivity (Wildman–Crippen MR) is 125 cm³/mol. The van der Waals surface area contributed by atoms with Gasteiger partial charge in [-0.3, -0.25) is 9.59 Å². The van der Waals surface area contributed by atoms with E-state index in [2.05, 4.69) is 5.32 Å². The summed E-state index contributed by atoms with van der Waals surface area (Å²) in [5.41, 5.74) is 1.95. The third kappa shape index (κ3) is 6.22. The molecule has 0 aliphatic heterocycles. The second-order valence-corrected chi connectivity index (χ2v) is 6.74. The molecule has 3 aromatic carbocycles. The Morgan fingerprint density at radius 2 is 1.62 bits per heavy atom. The fourth-order valence-corrected chi connectivity index (χ4v) is 2.99. The first kappa shape index (κ1) is 22.6. The monoisotopic (exact) mass is 431 g/mol. The topological polar surface area (TPSA) is 73.9 Å². The Bertz CT molecular complexity index is 1090. The van der Waals surface area contributed by atoms with E-state index in [-0.39, 0.29) is 18.3 Å². The van der Waals surface area contributed by atoms with E-state index in [0.717, 1.165) is 5.56 Å². The Morgan fingerprint density at radius 3 is 2.38 bits per heavy atom. The SMILES string of the molecule is CCOc1cc(/C=C/C(=O)c2ccccc2OC)ccc1OCC(=O)Nc1ccccc1. The molecule has 0 radical (unpaired) electrons. The van der Waals surface area contributed by atoms with Gasteiger partial charge < -0.3 is 19.5 Å². The van der Waals surface area contributed by atoms with Crippen molar-refractivity contribution in [2.24, 2.45) is 0 Å². The molecule has 0 spiro atoms. The molecule has 0 saturated heterocycles. The number of ether oxygens (including phenoxy) is 3. The van der Waals surface area contributed by atoms with Crippen molar-refractivity contribution in [2.45, 2.75) is 6.92 Å². The van der Waals surface area contributed by atoms with Crippen LogP contribution in [0.25, 0.3) is 6.08 Å². The first-order valence-corrected chi connectivity index (χ1v) is 10.2. The summed E-state index contributed by atoms with van der Waals surface area (Å²) in [6.45, 7) is 2.13. The van der Waals surface area contributed by atoms with Gasteiger partial charge in [0.15, 0.2) is 23.9 Å². The molecule has 0 fully saturated rings. The standard InChI is InChI=1S/C26H25NO5/c1-3-31-25-17-19(13-15-22(28)21-11-7-8-12-23(21)30-2)14-16-24(25)32-18-26(29)27-20-9-5-4-6-10-20/h4-17H,3,18H2,1-2H3,(H,27,29)/b15-13+. The van der Waals surface area contributed by atoms with E-state index in [1.165, 1.54) is 13.2 Å². The molecule has 3 rings (SSSR count). The lowest BCUT2D eigenvalue weighted by Gasteiger charge is -2.13. The number of benzene rings is 3. The first-order valence-electron chi connectivity index (χ1n) is 10.2. The van der Waals surface area contributed by atoms with Crippen molar-refractivity contribution in [1.82, 2.24) is 0 Å². The number of amides is 1. The normalized spacial score (nSPS) is 10.6. The highest BCUT2D eigenvalue weighted by atomic mass is 16.5. The Labute approximate surface area is 187 Å². The quantitative estimate of drug-likeness (QED) is 0.361. The summed E-state index contributed by atoms with van der Waals surface area (Å²) in [6, 6.07) is 21.5. The zero-order valence-electron chi connectivity index (χ0n) is 18.0. The lowest BCUT2D eigenvalue weighted by Crippen LogP contribution is -2.20. The molecule has 0 aromatic heterocycles.